The van der Waals surface area contributed by atoms with Gasteiger partial charge in [-0.05, 0) is 34.5 Å². The van der Waals surface area contributed by atoms with Gasteiger partial charge in [0, 0.05) is 12.6 Å². The second kappa shape index (κ2) is 5.07. The molecule has 0 aliphatic rings. The molecular formula is C12H10F3NOS. The smallest absolute Gasteiger partial charge is 0.386 e. The Morgan fingerprint density at radius 3 is 2.56 bits per heavy atom. The van der Waals surface area contributed by atoms with Gasteiger partial charge < -0.3 is 5.11 Å². The lowest BCUT2D eigenvalue weighted by molar-refractivity contribution is -0.137. The van der Waals surface area contributed by atoms with Crippen molar-refractivity contribution in [1.82, 2.24) is 4.98 Å². The molecule has 2 nitrogen and oxygen atoms in total. The first-order chi connectivity index (χ1) is 8.47. The first kappa shape index (κ1) is 13.0. The second-order valence-corrected chi connectivity index (χ2v) is 4.60. The van der Waals surface area contributed by atoms with Crippen molar-refractivity contribution in [1.29, 1.82) is 0 Å². The maximum atomic E-state index is 12.3. The number of nitrogens with zero attached hydrogens (tertiary/aromatic N) is 1. The van der Waals surface area contributed by atoms with E-state index in [1.165, 1.54) is 17.4 Å². The largest absolute Gasteiger partial charge is 0.417 e. The van der Waals surface area contributed by atoms with Gasteiger partial charge in [0.1, 0.15) is 0 Å². The van der Waals surface area contributed by atoms with E-state index in [1.807, 2.05) is 16.8 Å². The lowest BCUT2D eigenvalue weighted by Crippen LogP contribution is -2.08. The third-order valence-corrected chi connectivity index (χ3v) is 3.20. The van der Waals surface area contributed by atoms with E-state index in [0.29, 0.717) is 6.42 Å². The molecule has 2 rings (SSSR count). The van der Waals surface area contributed by atoms with E-state index in [2.05, 4.69) is 4.98 Å². The van der Waals surface area contributed by atoms with Crippen molar-refractivity contribution in [3.63, 3.8) is 0 Å². The summed E-state index contributed by atoms with van der Waals surface area (Å²) in [6, 6.07) is 4.00. The number of aliphatic hydroxyl groups is 1. The number of pyridine rings is 1. The topological polar surface area (TPSA) is 33.1 Å². The molecule has 0 aliphatic carbocycles. The fourth-order valence-electron chi connectivity index (χ4n) is 1.51. The molecule has 96 valence electrons. The Hall–Kier alpha value is -1.40. The van der Waals surface area contributed by atoms with Crippen molar-refractivity contribution in [2.24, 2.45) is 0 Å². The van der Waals surface area contributed by atoms with Crippen molar-refractivity contribution in [3.8, 4) is 0 Å². The summed E-state index contributed by atoms with van der Waals surface area (Å²) in [6.07, 6.45) is -4.19. The van der Waals surface area contributed by atoms with Gasteiger partial charge in [0.2, 0.25) is 0 Å². The molecule has 2 aromatic heterocycles. The van der Waals surface area contributed by atoms with Gasteiger partial charge in [0.15, 0.2) is 0 Å². The minimum Gasteiger partial charge on any atom is -0.386 e. The summed E-state index contributed by atoms with van der Waals surface area (Å²) >= 11 is 1.50. The molecule has 6 heteroatoms. The van der Waals surface area contributed by atoms with Crippen molar-refractivity contribution < 1.29 is 18.3 Å². The van der Waals surface area contributed by atoms with Gasteiger partial charge in [-0.15, -0.1) is 0 Å². The molecule has 0 fully saturated rings. The monoisotopic (exact) mass is 273 g/mol. The summed E-state index contributed by atoms with van der Waals surface area (Å²) in [4.78, 5) is 3.66. The minimum absolute atomic E-state index is 0.245. The van der Waals surface area contributed by atoms with Gasteiger partial charge in [-0.1, -0.05) is 0 Å². The Kier molecular flexibility index (Phi) is 3.68. The third-order valence-electron chi connectivity index (χ3n) is 2.46. The molecule has 0 radical (unpaired) electrons. The van der Waals surface area contributed by atoms with E-state index in [1.54, 1.807) is 0 Å². The zero-order valence-electron chi connectivity index (χ0n) is 9.19. The van der Waals surface area contributed by atoms with Crippen LogP contribution in [0, 0.1) is 0 Å². The summed E-state index contributed by atoms with van der Waals surface area (Å²) in [7, 11) is 0. The molecule has 1 N–H and O–H groups in total. The molecule has 1 unspecified atom stereocenters. The zero-order chi connectivity index (χ0) is 13.2. The molecule has 2 aromatic rings. The zero-order valence-corrected chi connectivity index (χ0v) is 10.0. The molecule has 1 atom stereocenters. The van der Waals surface area contributed by atoms with Crippen LogP contribution in [-0.4, -0.2) is 10.1 Å². The number of halogens is 3. The molecule has 0 saturated heterocycles. The quantitative estimate of drug-likeness (QED) is 0.929. The van der Waals surface area contributed by atoms with Crippen molar-refractivity contribution in [2.75, 3.05) is 0 Å². The number of aromatic nitrogens is 1. The standard InChI is InChI=1S/C12H10F3NOS/c13-12(14,15)9-1-2-10(16-6-9)11(17)5-8-3-4-18-7-8/h1-4,6-7,11,17H,5H2. The van der Waals surface area contributed by atoms with Gasteiger partial charge in [-0.3, -0.25) is 4.98 Å². The number of rotatable bonds is 3. The summed E-state index contributed by atoms with van der Waals surface area (Å²) < 4.78 is 37.0. The molecule has 0 amide bonds. The van der Waals surface area contributed by atoms with E-state index in [4.69, 9.17) is 0 Å². The van der Waals surface area contributed by atoms with Crippen LogP contribution in [0.5, 0.6) is 0 Å². The van der Waals surface area contributed by atoms with Crippen molar-refractivity contribution >= 4 is 11.3 Å². The molecule has 0 spiro atoms. The molecular weight excluding hydrogens is 263 g/mol. The molecule has 18 heavy (non-hydrogen) atoms. The first-order valence-electron chi connectivity index (χ1n) is 5.19. The van der Waals surface area contributed by atoms with Crippen LogP contribution in [0.2, 0.25) is 0 Å². The molecule has 0 saturated carbocycles. The van der Waals surface area contributed by atoms with Gasteiger partial charge in [-0.2, -0.15) is 24.5 Å². The Labute approximate surface area is 106 Å². The summed E-state index contributed by atoms with van der Waals surface area (Å²) in [6.45, 7) is 0. The summed E-state index contributed by atoms with van der Waals surface area (Å²) in [5.41, 5.74) is 0.373. The molecule has 0 bridgehead atoms. The average Bonchev–Trinajstić information content (AvgIpc) is 2.81. The number of alkyl halides is 3. The minimum atomic E-state index is -4.40. The number of thiophene rings is 1. The van der Waals surface area contributed by atoms with Crippen LogP contribution in [0.1, 0.15) is 22.9 Å². The third kappa shape index (κ3) is 3.08. The van der Waals surface area contributed by atoms with Gasteiger partial charge in [-0.25, -0.2) is 0 Å². The number of aliphatic hydroxyl groups excluding tert-OH is 1. The Morgan fingerprint density at radius 1 is 1.28 bits per heavy atom. The van der Waals surface area contributed by atoms with E-state index in [0.717, 1.165) is 17.8 Å². The predicted molar refractivity (Wildman–Crippen MR) is 62.2 cm³/mol. The van der Waals surface area contributed by atoms with Gasteiger partial charge >= 0.3 is 6.18 Å². The average molecular weight is 273 g/mol. The second-order valence-electron chi connectivity index (χ2n) is 3.82. The highest BCUT2D eigenvalue weighted by molar-refractivity contribution is 7.07. The van der Waals surface area contributed by atoms with Crippen LogP contribution in [0.25, 0.3) is 0 Å². The van der Waals surface area contributed by atoms with E-state index in [9.17, 15) is 18.3 Å². The maximum absolute atomic E-state index is 12.3. The predicted octanol–water partition coefficient (Wildman–Crippen LogP) is 3.44. The van der Waals surface area contributed by atoms with E-state index < -0.39 is 17.8 Å². The number of hydrogen-bond donors (Lipinski definition) is 1. The van der Waals surface area contributed by atoms with Crippen molar-refractivity contribution in [3.05, 3.63) is 52.0 Å². The fourth-order valence-corrected chi connectivity index (χ4v) is 2.19. The molecule has 2 heterocycles. The molecule has 0 aliphatic heterocycles. The lowest BCUT2D eigenvalue weighted by atomic mass is 10.1. The highest BCUT2D eigenvalue weighted by atomic mass is 32.1. The fraction of sp³-hybridized carbons (Fsp3) is 0.250. The molecule has 0 aromatic carbocycles. The SMILES string of the molecule is OC(Cc1ccsc1)c1ccc(C(F)(F)F)cn1. The van der Waals surface area contributed by atoms with Crippen LogP contribution in [0.15, 0.2) is 35.2 Å². The maximum Gasteiger partial charge on any atom is 0.417 e. The van der Waals surface area contributed by atoms with Crippen LogP contribution in [0.3, 0.4) is 0 Å². The summed E-state index contributed by atoms with van der Waals surface area (Å²) in [5, 5.41) is 13.6. The Morgan fingerprint density at radius 2 is 2.06 bits per heavy atom. The van der Waals surface area contributed by atoms with Crippen LogP contribution in [-0.2, 0) is 12.6 Å². The first-order valence-corrected chi connectivity index (χ1v) is 6.13. The van der Waals surface area contributed by atoms with Gasteiger partial charge in [0.05, 0.1) is 17.4 Å². The van der Waals surface area contributed by atoms with Crippen LogP contribution < -0.4 is 0 Å². The highest BCUT2D eigenvalue weighted by Gasteiger charge is 2.30. The Bertz CT molecular complexity index is 493. The summed E-state index contributed by atoms with van der Waals surface area (Å²) in [5.74, 6) is 0. The van der Waals surface area contributed by atoms with Crippen LogP contribution >= 0.6 is 11.3 Å². The van der Waals surface area contributed by atoms with Crippen molar-refractivity contribution in [2.45, 2.75) is 18.7 Å². The van der Waals surface area contributed by atoms with Gasteiger partial charge in [0.25, 0.3) is 0 Å². The Balaban J connectivity index is 2.10. The lowest BCUT2D eigenvalue weighted by Gasteiger charge is -2.11. The normalized spacial score (nSPS) is 13.6. The van der Waals surface area contributed by atoms with E-state index >= 15 is 0 Å². The highest BCUT2D eigenvalue weighted by Crippen LogP contribution is 2.29. The number of hydrogen-bond acceptors (Lipinski definition) is 3. The van der Waals surface area contributed by atoms with E-state index in [-0.39, 0.29) is 5.69 Å². The van der Waals surface area contributed by atoms with Crippen LogP contribution in [0.4, 0.5) is 13.2 Å².